The van der Waals surface area contributed by atoms with E-state index in [2.05, 4.69) is 0 Å². The average Bonchev–Trinajstić information content (AvgIpc) is 2.62. The smallest absolute Gasteiger partial charge is 0.307 e. The van der Waals surface area contributed by atoms with Crippen LogP contribution in [0.5, 0.6) is 0 Å². The molecule has 0 N–H and O–H groups in total. The number of sulfonamides is 1. The number of rotatable bonds is 5. The van der Waals surface area contributed by atoms with Gasteiger partial charge in [0.05, 0.1) is 24.0 Å². The summed E-state index contributed by atoms with van der Waals surface area (Å²) in [5.74, 6) is -0.390. The highest BCUT2D eigenvalue weighted by Gasteiger charge is 2.38. The number of ether oxygens (including phenoxy) is 1. The molecule has 6 heteroatoms. The monoisotopic (exact) mass is 373 g/mol. The predicted octanol–water partition coefficient (Wildman–Crippen LogP) is 3.24. The van der Waals surface area contributed by atoms with E-state index in [0.717, 1.165) is 11.1 Å². The van der Waals surface area contributed by atoms with Crippen molar-refractivity contribution in [1.82, 2.24) is 4.31 Å². The zero-order valence-corrected chi connectivity index (χ0v) is 15.8. The lowest BCUT2D eigenvalue weighted by molar-refractivity contribution is -0.144. The highest BCUT2D eigenvalue weighted by Crippen LogP contribution is 2.37. The van der Waals surface area contributed by atoms with E-state index in [-0.39, 0.29) is 23.9 Å². The van der Waals surface area contributed by atoms with E-state index < -0.39 is 16.1 Å². The lowest BCUT2D eigenvalue weighted by Crippen LogP contribution is -2.41. The molecule has 0 aliphatic carbocycles. The van der Waals surface area contributed by atoms with Crippen molar-refractivity contribution in [2.45, 2.75) is 37.6 Å². The number of carbonyl (C=O) groups excluding carboxylic acids is 1. The van der Waals surface area contributed by atoms with Crippen LogP contribution in [0, 0.1) is 6.92 Å². The molecular formula is C20H23NO4S. The normalized spacial score (nSPS) is 17.5. The van der Waals surface area contributed by atoms with Crippen LogP contribution in [0.2, 0.25) is 0 Å². The van der Waals surface area contributed by atoms with Gasteiger partial charge in [-0.2, -0.15) is 4.31 Å². The second-order valence-electron chi connectivity index (χ2n) is 6.36. The SMILES string of the molecule is CCOC(=O)C[C@@H]1c2ccccc2CCN1S(=O)(=O)c1ccccc1C. The first-order chi connectivity index (χ1) is 12.4. The lowest BCUT2D eigenvalue weighted by atomic mass is 9.92. The summed E-state index contributed by atoms with van der Waals surface area (Å²) in [6.07, 6.45) is 0.635. The molecule has 3 rings (SSSR count). The summed E-state index contributed by atoms with van der Waals surface area (Å²) in [6.45, 7) is 4.15. The van der Waals surface area contributed by atoms with Crippen molar-refractivity contribution in [2.75, 3.05) is 13.2 Å². The van der Waals surface area contributed by atoms with Crippen molar-refractivity contribution in [1.29, 1.82) is 0 Å². The quantitative estimate of drug-likeness (QED) is 0.755. The van der Waals surface area contributed by atoms with E-state index in [0.29, 0.717) is 18.5 Å². The number of fused-ring (bicyclic) bond motifs is 1. The highest BCUT2D eigenvalue weighted by molar-refractivity contribution is 7.89. The Morgan fingerprint density at radius 2 is 1.85 bits per heavy atom. The van der Waals surface area contributed by atoms with Gasteiger partial charge in [0.15, 0.2) is 0 Å². The lowest BCUT2D eigenvalue weighted by Gasteiger charge is -2.36. The van der Waals surface area contributed by atoms with Crippen molar-refractivity contribution in [3.8, 4) is 0 Å². The number of aryl methyl sites for hydroxylation is 1. The predicted molar refractivity (Wildman–Crippen MR) is 99.2 cm³/mol. The van der Waals surface area contributed by atoms with Crippen molar-refractivity contribution in [3.05, 3.63) is 65.2 Å². The van der Waals surface area contributed by atoms with E-state index in [4.69, 9.17) is 4.74 Å². The Morgan fingerprint density at radius 1 is 1.15 bits per heavy atom. The molecule has 1 aliphatic rings. The molecule has 0 radical (unpaired) electrons. The maximum Gasteiger partial charge on any atom is 0.307 e. The molecule has 5 nitrogen and oxygen atoms in total. The zero-order valence-electron chi connectivity index (χ0n) is 15.0. The third-order valence-corrected chi connectivity index (χ3v) is 6.78. The number of hydrogen-bond acceptors (Lipinski definition) is 4. The van der Waals surface area contributed by atoms with Crippen LogP contribution in [-0.4, -0.2) is 31.8 Å². The molecule has 0 amide bonds. The van der Waals surface area contributed by atoms with Crippen LogP contribution >= 0.6 is 0 Å². The molecule has 0 bridgehead atoms. The van der Waals surface area contributed by atoms with Gasteiger partial charge < -0.3 is 4.74 Å². The first-order valence-electron chi connectivity index (χ1n) is 8.76. The first kappa shape index (κ1) is 18.6. The van der Waals surface area contributed by atoms with Crippen LogP contribution in [0.3, 0.4) is 0 Å². The molecule has 26 heavy (non-hydrogen) atoms. The molecule has 0 aromatic heterocycles. The Labute approximate surface area is 154 Å². The number of nitrogens with zero attached hydrogens (tertiary/aromatic N) is 1. The average molecular weight is 373 g/mol. The van der Waals surface area contributed by atoms with Gasteiger partial charge in [-0.15, -0.1) is 0 Å². The molecular weight excluding hydrogens is 350 g/mol. The third-order valence-electron chi connectivity index (χ3n) is 4.71. The molecule has 1 aliphatic heterocycles. The standard InChI is InChI=1S/C20H23NO4S/c1-3-25-20(22)14-18-17-10-6-5-9-16(17)12-13-21(18)26(23,24)19-11-7-4-8-15(19)2/h4-11,18H,3,12-14H2,1-2H3/t18-/m1/s1. The number of benzene rings is 2. The van der Waals surface area contributed by atoms with Gasteiger partial charge in [-0.05, 0) is 43.0 Å². The summed E-state index contributed by atoms with van der Waals surface area (Å²) in [5, 5.41) is 0. The fourth-order valence-electron chi connectivity index (χ4n) is 3.48. The molecule has 1 atom stereocenters. The molecule has 138 valence electrons. The Hall–Kier alpha value is -2.18. The van der Waals surface area contributed by atoms with Crippen molar-refractivity contribution in [2.24, 2.45) is 0 Å². The van der Waals surface area contributed by atoms with Crippen molar-refractivity contribution < 1.29 is 17.9 Å². The Morgan fingerprint density at radius 3 is 2.58 bits per heavy atom. The Bertz CT molecular complexity index is 908. The number of hydrogen-bond donors (Lipinski definition) is 0. The van der Waals surface area contributed by atoms with Gasteiger partial charge in [-0.3, -0.25) is 4.79 Å². The molecule has 0 saturated heterocycles. The summed E-state index contributed by atoms with van der Waals surface area (Å²) in [7, 11) is -3.72. The third kappa shape index (κ3) is 3.52. The van der Waals surface area contributed by atoms with Crippen LogP contribution < -0.4 is 0 Å². The minimum atomic E-state index is -3.72. The number of esters is 1. The van der Waals surface area contributed by atoms with Gasteiger partial charge in [0, 0.05) is 6.54 Å². The topological polar surface area (TPSA) is 63.7 Å². The molecule has 0 fully saturated rings. The van der Waals surface area contributed by atoms with Gasteiger partial charge in [0.1, 0.15) is 0 Å². The van der Waals surface area contributed by atoms with Gasteiger partial charge in [0.25, 0.3) is 0 Å². The molecule has 0 spiro atoms. The summed E-state index contributed by atoms with van der Waals surface area (Å²) >= 11 is 0. The molecule has 0 unspecified atom stereocenters. The first-order valence-corrected chi connectivity index (χ1v) is 10.2. The van der Waals surface area contributed by atoms with E-state index in [9.17, 15) is 13.2 Å². The highest BCUT2D eigenvalue weighted by atomic mass is 32.2. The van der Waals surface area contributed by atoms with E-state index in [1.165, 1.54) is 4.31 Å². The summed E-state index contributed by atoms with van der Waals surface area (Å²) in [5.41, 5.74) is 2.66. The maximum absolute atomic E-state index is 13.3. The minimum Gasteiger partial charge on any atom is -0.466 e. The van der Waals surface area contributed by atoms with Crippen molar-refractivity contribution >= 4 is 16.0 Å². The fraction of sp³-hybridized carbons (Fsp3) is 0.350. The molecule has 2 aromatic rings. The number of carbonyl (C=O) groups is 1. The summed E-state index contributed by atoms with van der Waals surface area (Å²) < 4.78 is 33.2. The minimum absolute atomic E-state index is 0.00989. The van der Waals surface area contributed by atoms with Gasteiger partial charge in [-0.1, -0.05) is 42.5 Å². The largest absolute Gasteiger partial charge is 0.466 e. The van der Waals surface area contributed by atoms with Gasteiger partial charge in [-0.25, -0.2) is 8.42 Å². The zero-order chi connectivity index (χ0) is 18.7. The van der Waals surface area contributed by atoms with Crippen molar-refractivity contribution in [3.63, 3.8) is 0 Å². The second kappa shape index (κ2) is 7.60. The molecule has 2 aromatic carbocycles. The van der Waals surface area contributed by atoms with Crippen LogP contribution in [0.1, 0.15) is 36.1 Å². The molecule has 0 saturated carbocycles. The van der Waals surface area contributed by atoms with E-state index in [1.54, 1.807) is 32.0 Å². The van der Waals surface area contributed by atoms with Crippen LogP contribution in [0.15, 0.2) is 53.4 Å². The molecule has 1 heterocycles. The van der Waals surface area contributed by atoms with Crippen LogP contribution in [0.4, 0.5) is 0 Å². The van der Waals surface area contributed by atoms with Crippen LogP contribution in [-0.2, 0) is 26.0 Å². The van der Waals surface area contributed by atoms with Crippen LogP contribution in [0.25, 0.3) is 0 Å². The summed E-state index contributed by atoms with van der Waals surface area (Å²) in [6, 6.07) is 14.1. The van der Waals surface area contributed by atoms with Gasteiger partial charge >= 0.3 is 5.97 Å². The summed E-state index contributed by atoms with van der Waals surface area (Å²) in [4.78, 5) is 12.4. The second-order valence-corrected chi connectivity index (χ2v) is 8.21. The Balaban J connectivity index is 2.04. The Kier molecular flexibility index (Phi) is 5.44. The van der Waals surface area contributed by atoms with E-state index in [1.807, 2.05) is 30.3 Å². The maximum atomic E-state index is 13.3. The van der Waals surface area contributed by atoms with Gasteiger partial charge in [0.2, 0.25) is 10.0 Å². The van der Waals surface area contributed by atoms with E-state index >= 15 is 0 Å². The fourth-order valence-corrected chi connectivity index (χ4v) is 5.31.